The van der Waals surface area contributed by atoms with Gasteiger partial charge in [-0.2, -0.15) is 0 Å². The Bertz CT molecular complexity index is 1120. The molecule has 0 aliphatic carbocycles. The molecule has 2 heterocycles. The molecule has 0 saturated heterocycles. The molecule has 0 fully saturated rings. The minimum atomic E-state index is -0.136. The van der Waals surface area contributed by atoms with E-state index >= 15 is 0 Å². The fourth-order valence-electron chi connectivity index (χ4n) is 2.49. The van der Waals surface area contributed by atoms with E-state index in [2.05, 4.69) is 15.0 Å². The Morgan fingerprint density at radius 2 is 2.12 bits per heavy atom. The van der Waals surface area contributed by atoms with Gasteiger partial charge in [0.05, 0.1) is 16.7 Å². The van der Waals surface area contributed by atoms with E-state index in [0.29, 0.717) is 38.3 Å². The van der Waals surface area contributed by atoms with Crippen LogP contribution in [-0.4, -0.2) is 15.0 Å². The average molecular weight is 358 g/mol. The summed E-state index contributed by atoms with van der Waals surface area (Å²) in [6.07, 6.45) is 0. The fraction of sp³-hybridized carbons (Fsp3) is 0.118. The number of aromatic nitrogens is 3. The second kappa shape index (κ2) is 5.96. The van der Waals surface area contributed by atoms with Crippen molar-refractivity contribution in [1.82, 2.24) is 15.0 Å². The minimum Gasteiger partial charge on any atom is -0.431 e. The predicted octanol–water partition coefficient (Wildman–Crippen LogP) is 4.32. The summed E-state index contributed by atoms with van der Waals surface area (Å²) in [6.45, 7) is 1.94. The van der Waals surface area contributed by atoms with Crippen LogP contribution in [0.15, 0.2) is 50.8 Å². The molecule has 2 aromatic heterocycles. The number of hydrogen-bond donors (Lipinski definition) is 1. The average Bonchev–Trinajstić information content (AvgIpc) is 2.96. The topological polar surface area (TPSA) is 71.8 Å². The zero-order valence-electron chi connectivity index (χ0n) is 12.7. The van der Waals surface area contributed by atoms with Gasteiger partial charge in [-0.15, -0.1) is 0 Å². The van der Waals surface area contributed by atoms with Crippen molar-refractivity contribution in [3.05, 3.63) is 63.2 Å². The second-order valence-electron chi connectivity index (χ2n) is 5.36. The lowest BCUT2D eigenvalue weighted by atomic mass is 10.1. The van der Waals surface area contributed by atoms with E-state index in [1.54, 1.807) is 24.3 Å². The van der Waals surface area contributed by atoms with Gasteiger partial charge < -0.3 is 9.40 Å². The van der Waals surface area contributed by atoms with Crippen molar-refractivity contribution < 1.29 is 4.42 Å². The van der Waals surface area contributed by atoms with Crippen LogP contribution in [0, 0.1) is 6.92 Å². The lowest BCUT2D eigenvalue weighted by molar-refractivity contribution is 0.489. The molecule has 0 amide bonds. The zero-order chi connectivity index (χ0) is 16.7. The first-order valence-electron chi connectivity index (χ1n) is 7.27. The van der Waals surface area contributed by atoms with Crippen molar-refractivity contribution in [2.45, 2.75) is 17.9 Å². The van der Waals surface area contributed by atoms with Gasteiger partial charge in [0.25, 0.3) is 10.8 Å². The molecule has 0 aliphatic rings. The third-order valence-electron chi connectivity index (χ3n) is 3.65. The van der Waals surface area contributed by atoms with E-state index in [1.165, 1.54) is 11.8 Å². The number of rotatable bonds is 3. The quantitative estimate of drug-likeness (QED) is 0.553. The fourth-order valence-corrected chi connectivity index (χ4v) is 3.37. The SMILES string of the molecule is Cc1cccc2c(=O)[nH]c(CSc3nc4cc(Cl)ccc4o3)nc12. The number of oxazole rings is 1. The number of nitrogens with one attached hydrogen (secondary N) is 1. The van der Waals surface area contributed by atoms with Crippen molar-refractivity contribution in [3.8, 4) is 0 Å². The molecule has 7 heteroatoms. The molecule has 0 radical (unpaired) electrons. The van der Waals surface area contributed by atoms with E-state index in [-0.39, 0.29) is 5.56 Å². The summed E-state index contributed by atoms with van der Waals surface area (Å²) in [5.41, 5.74) is 2.95. The molecule has 4 rings (SSSR count). The first-order chi connectivity index (χ1) is 11.6. The van der Waals surface area contributed by atoms with Crippen LogP contribution in [0.2, 0.25) is 5.02 Å². The maximum atomic E-state index is 12.2. The van der Waals surface area contributed by atoms with Crippen molar-refractivity contribution >= 4 is 45.4 Å². The van der Waals surface area contributed by atoms with E-state index in [0.717, 1.165) is 11.1 Å². The highest BCUT2D eigenvalue weighted by Gasteiger charge is 2.10. The summed E-state index contributed by atoms with van der Waals surface area (Å²) in [6, 6.07) is 10.9. The Balaban J connectivity index is 1.64. The van der Waals surface area contributed by atoms with Gasteiger partial charge in [0.1, 0.15) is 11.3 Å². The Morgan fingerprint density at radius 1 is 1.25 bits per heavy atom. The molecule has 5 nitrogen and oxygen atoms in total. The Hall–Kier alpha value is -2.31. The first-order valence-corrected chi connectivity index (χ1v) is 8.64. The lowest BCUT2D eigenvalue weighted by Gasteiger charge is -2.03. The van der Waals surface area contributed by atoms with Crippen LogP contribution in [0.3, 0.4) is 0 Å². The minimum absolute atomic E-state index is 0.136. The third kappa shape index (κ3) is 2.79. The summed E-state index contributed by atoms with van der Waals surface area (Å²) in [4.78, 5) is 23.9. The maximum absolute atomic E-state index is 12.2. The molecule has 0 unspecified atom stereocenters. The molecule has 4 aromatic rings. The first kappa shape index (κ1) is 15.2. The van der Waals surface area contributed by atoms with Crippen LogP contribution in [0.4, 0.5) is 0 Å². The van der Waals surface area contributed by atoms with E-state index in [1.807, 2.05) is 19.1 Å². The van der Waals surface area contributed by atoms with Crippen molar-refractivity contribution in [2.75, 3.05) is 0 Å². The molecule has 120 valence electrons. The Kier molecular flexibility index (Phi) is 3.78. The number of thioether (sulfide) groups is 1. The smallest absolute Gasteiger partial charge is 0.258 e. The van der Waals surface area contributed by atoms with Gasteiger partial charge in [0.15, 0.2) is 5.58 Å². The van der Waals surface area contributed by atoms with Gasteiger partial charge in [-0.3, -0.25) is 4.79 Å². The largest absolute Gasteiger partial charge is 0.431 e. The summed E-state index contributed by atoms with van der Waals surface area (Å²) in [5, 5.41) is 1.73. The molecule has 0 saturated carbocycles. The molecule has 0 spiro atoms. The van der Waals surface area contributed by atoms with Gasteiger partial charge in [-0.25, -0.2) is 9.97 Å². The zero-order valence-corrected chi connectivity index (χ0v) is 14.2. The van der Waals surface area contributed by atoms with Crippen LogP contribution < -0.4 is 5.56 Å². The Labute approximate surface area is 146 Å². The van der Waals surface area contributed by atoms with Crippen LogP contribution in [0.1, 0.15) is 11.4 Å². The lowest BCUT2D eigenvalue weighted by Crippen LogP contribution is -2.11. The van der Waals surface area contributed by atoms with Crippen LogP contribution >= 0.6 is 23.4 Å². The van der Waals surface area contributed by atoms with Crippen LogP contribution in [0.25, 0.3) is 22.0 Å². The summed E-state index contributed by atoms with van der Waals surface area (Å²) in [7, 11) is 0. The maximum Gasteiger partial charge on any atom is 0.258 e. The standard InChI is InChI=1S/C17H12ClN3O2S/c1-9-3-2-4-11-15(9)20-14(21-16(11)22)8-24-17-19-12-7-10(18)5-6-13(12)23-17/h2-7H,8H2,1H3,(H,20,21,22). The Morgan fingerprint density at radius 3 is 3.00 bits per heavy atom. The molecule has 24 heavy (non-hydrogen) atoms. The third-order valence-corrected chi connectivity index (χ3v) is 4.72. The van der Waals surface area contributed by atoms with E-state index in [9.17, 15) is 4.79 Å². The second-order valence-corrected chi connectivity index (χ2v) is 6.73. The molecule has 0 atom stereocenters. The molecular weight excluding hydrogens is 346 g/mol. The van der Waals surface area contributed by atoms with Crippen LogP contribution in [0.5, 0.6) is 0 Å². The number of nitrogens with zero attached hydrogens (tertiary/aromatic N) is 2. The summed E-state index contributed by atoms with van der Waals surface area (Å²) >= 11 is 7.33. The van der Waals surface area contributed by atoms with Gasteiger partial charge in [-0.05, 0) is 36.8 Å². The highest BCUT2D eigenvalue weighted by molar-refractivity contribution is 7.98. The van der Waals surface area contributed by atoms with E-state index in [4.69, 9.17) is 16.0 Å². The number of hydrogen-bond acceptors (Lipinski definition) is 5. The number of aromatic amines is 1. The highest BCUT2D eigenvalue weighted by atomic mass is 35.5. The van der Waals surface area contributed by atoms with Gasteiger partial charge in [-0.1, -0.05) is 35.5 Å². The van der Waals surface area contributed by atoms with Gasteiger partial charge >= 0.3 is 0 Å². The highest BCUT2D eigenvalue weighted by Crippen LogP contribution is 2.27. The molecule has 0 bridgehead atoms. The number of H-pyrrole nitrogens is 1. The van der Waals surface area contributed by atoms with Crippen LogP contribution in [-0.2, 0) is 5.75 Å². The number of fused-ring (bicyclic) bond motifs is 2. The predicted molar refractivity (Wildman–Crippen MR) is 95.7 cm³/mol. The molecule has 0 aliphatic heterocycles. The summed E-state index contributed by atoms with van der Waals surface area (Å²) in [5.74, 6) is 1.05. The monoisotopic (exact) mass is 357 g/mol. The van der Waals surface area contributed by atoms with E-state index < -0.39 is 0 Å². The molecule has 2 aromatic carbocycles. The van der Waals surface area contributed by atoms with Crippen molar-refractivity contribution in [3.63, 3.8) is 0 Å². The number of aryl methyl sites for hydroxylation is 1. The van der Waals surface area contributed by atoms with Gasteiger partial charge in [0.2, 0.25) is 0 Å². The number of benzene rings is 2. The number of para-hydroxylation sites is 1. The van der Waals surface area contributed by atoms with Crippen molar-refractivity contribution in [2.24, 2.45) is 0 Å². The molecule has 1 N–H and O–H groups in total. The van der Waals surface area contributed by atoms with Crippen molar-refractivity contribution in [1.29, 1.82) is 0 Å². The summed E-state index contributed by atoms with van der Waals surface area (Å²) < 4.78 is 5.66. The molecular formula is C17H12ClN3O2S. The number of halogens is 1. The normalized spacial score (nSPS) is 11.4. The van der Waals surface area contributed by atoms with Gasteiger partial charge in [0, 0.05) is 5.02 Å².